The van der Waals surface area contributed by atoms with Crippen molar-refractivity contribution in [3.05, 3.63) is 249 Å². The van der Waals surface area contributed by atoms with Crippen LogP contribution in [0.4, 0.5) is 17.1 Å². The lowest BCUT2D eigenvalue weighted by atomic mass is 9.99. The number of nitrogens with zero attached hydrogens (tertiary/aromatic N) is 3. The molecule has 0 amide bonds. The minimum absolute atomic E-state index is 1.10. The van der Waals surface area contributed by atoms with E-state index in [9.17, 15) is 0 Å². The monoisotopic (exact) mass is 803 g/mol. The van der Waals surface area contributed by atoms with Gasteiger partial charge in [0.15, 0.2) is 0 Å². The van der Waals surface area contributed by atoms with Crippen molar-refractivity contribution in [2.24, 2.45) is 0 Å². The van der Waals surface area contributed by atoms with E-state index >= 15 is 0 Å². The van der Waals surface area contributed by atoms with Crippen LogP contribution in [0.15, 0.2) is 249 Å². The Bertz CT molecular complexity index is 3550. The molecule has 0 unspecified atom stereocenters. The van der Waals surface area contributed by atoms with E-state index in [-0.39, 0.29) is 0 Å². The second-order valence-corrected chi connectivity index (χ2v) is 16.2. The van der Waals surface area contributed by atoms with Crippen molar-refractivity contribution >= 4 is 60.7 Å². The minimum atomic E-state index is 1.10. The third-order valence-electron chi connectivity index (χ3n) is 12.5. The lowest BCUT2D eigenvalue weighted by Gasteiger charge is -2.25. The number of para-hydroxylation sites is 3. The Balaban J connectivity index is 0.999. The second kappa shape index (κ2) is 15.3. The van der Waals surface area contributed by atoms with Crippen LogP contribution < -0.4 is 4.90 Å². The molecule has 296 valence electrons. The van der Waals surface area contributed by atoms with Gasteiger partial charge in [-0.3, -0.25) is 0 Å². The molecular formula is C60H41N3. The van der Waals surface area contributed by atoms with Gasteiger partial charge in [-0.1, -0.05) is 146 Å². The van der Waals surface area contributed by atoms with Crippen LogP contribution in [0.1, 0.15) is 0 Å². The Morgan fingerprint density at radius 2 is 0.603 bits per heavy atom. The molecule has 63 heavy (non-hydrogen) atoms. The minimum Gasteiger partial charge on any atom is -0.311 e. The molecule has 3 nitrogen and oxygen atoms in total. The average Bonchev–Trinajstić information content (AvgIpc) is 3.87. The van der Waals surface area contributed by atoms with Crippen molar-refractivity contribution in [1.82, 2.24) is 9.13 Å². The summed E-state index contributed by atoms with van der Waals surface area (Å²) >= 11 is 0. The van der Waals surface area contributed by atoms with Crippen molar-refractivity contribution in [3.8, 4) is 44.8 Å². The molecular weight excluding hydrogens is 763 g/mol. The highest BCUT2D eigenvalue weighted by Crippen LogP contribution is 2.41. The van der Waals surface area contributed by atoms with Gasteiger partial charge in [-0.25, -0.2) is 0 Å². The maximum atomic E-state index is 2.42. The van der Waals surface area contributed by atoms with Gasteiger partial charge >= 0.3 is 0 Å². The van der Waals surface area contributed by atoms with Gasteiger partial charge in [0.25, 0.3) is 0 Å². The maximum Gasteiger partial charge on any atom is 0.0541 e. The van der Waals surface area contributed by atoms with Crippen LogP contribution in [0.3, 0.4) is 0 Å². The lowest BCUT2D eigenvalue weighted by molar-refractivity contribution is 1.17. The summed E-state index contributed by atoms with van der Waals surface area (Å²) in [6, 6.07) is 90.0. The smallest absolute Gasteiger partial charge is 0.0541 e. The van der Waals surface area contributed by atoms with Gasteiger partial charge in [0.1, 0.15) is 0 Å². The molecule has 0 aliphatic heterocycles. The lowest BCUT2D eigenvalue weighted by Crippen LogP contribution is -2.09. The third-order valence-corrected chi connectivity index (χ3v) is 12.5. The van der Waals surface area contributed by atoms with Crippen LogP contribution in [0.2, 0.25) is 0 Å². The summed E-state index contributed by atoms with van der Waals surface area (Å²) in [7, 11) is 0. The number of hydrogen-bond donors (Lipinski definition) is 0. The molecule has 2 aromatic heterocycles. The number of anilines is 3. The standard InChI is InChI=1S/C60H41N3/c1-5-16-42(17-6-1)44-20-15-25-52(38-44)63-57-27-14-13-26-53(57)54-40-46(29-36-58(54)63)47-30-37-60-56(41-47)55-39-45(43-18-7-2-8-19-43)28-35-59(55)62(60)51-33-31-50(32-34-51)61(48-21-9-3-10-22-48)49-23-11-4-12-24-49/h1-41H. The Morgan fingerprint density at radius 3 is 1.14 bits per heavy atom. The second-order valence-electron chi connectivity index (χ2n) is 16.2. The molecule has 0 atom stereocenters. The zero-order chi connectivity index (χ0) is 41.7. The Hall–Kier alpha value is -8.40. The topological polar surface area (TPSA) is 13.1 Å². The Morgan fingerprint density at radius 1 is 0.222 bits per heavy atom. The molecule has 0 fully saturated rings. The highest BCUT2D eigenvalue weighted by atomic mass is 15.1. The Labute approximate surface area is 366 Å². The van der Waals surface area contributed by atoms with E-state index in [4.69, 9.17) is 0 Å². The van der Waals surface area contributed by atoms with Crippen molar-refractivity contribution in [2.45, 2.75) is 0 Å². The first-order valence-corrected chi connectivity index (χ1v) is 21.6. The number of fused-ring (bicyclic) bond motifs is 6. The highest BCUT2D eigenvalue weighted by molar-refractivity contribution is 6.13. The van der Waals surface area contributed by atoms with Crippen LogP contribution in [-0.2, 0) is 0 Å². The predicted octanol–water partition coefficient (Wildman–Crippen LogP) is 16.4. The summed E-state index contributed by atoms with van der Waals surface area (Å²) < 4.78 is 4.83. The molecule has 12 rings (SSSR count). The summed E-state index contributed by atoms with van der Waals surface area (Å²) in [5, 5.41) is 4.93. The number of hydrogen-bond acceptors (Lipinski definition) is 1. The fraction of sp³-hybridized carbons (Fsp3) is 0. The van der Waals surface area contributed by atoms with Crippen molar-refractivity contribution in [1.29, 1.82) is 0 Å². The summed E-state index contributed by atoms with van der Waals surface area (Å²) in [5.74, 6) is 0. The van der Waals surface area contributed by atoms with Crippen LogP contribution in [0.25, 0.3) is 88.4 Å². The number of benzene rings is 10. The zero-order valence-corrected chi connectivity index (χ0v) is 34.5. The van der Waals surface area contributed by atoms with E-state index in [0.717, 1.165) is 28.4 Å². The van der Waals surface area contributed by atoms with E-state index in [1.54, 1.807) is 0 Å². The zero-order valence-electron chi connectivity index (χ0n) is 34.5. The number of rotatable bonds is 8. The first-order chi connectivity index (χ1) is 31.2. The van der Waals surface area contributed by atoms with E-state index in [2.05, 4.69) is 263 Å². The summed E-state index contributed by atoms with van der Waals surface area (Å²) in [6.07, 6.45) is 0. The van der Waals surface area contributed by atoms with Gasteiger partial charge < -0.3 is 14.0 Å². The van der Waals surface area contributed by atoms with Gasteiger partial charge in [0, 0.05) is 50.0 Å². The fourth-order valence-corrected chi connectivity index (χ4v) is 9.53. The predicted molar refractivity (Wildman–Crippen MR) is 266 cm³/mol. The van der Waals surface area contributed by atoms with Gasteiger partial charge in [-0.15, -0.1) is 0 Å². The quantitative estimate of drug-likeness (QED) is 0.149. The summed E-state index contributed by atoms with van der Waals surface area (Å²) in [5.41, 5.74) is 17.6. The average molecular weight is 804 g/mol. The molecule has 0 spiro atoms. The van der Waals surface area contributed by atoms with Crippen LogP contribution in [-0.4, -0.2) is 9.13 Å². The number of aromatic nitrogens is 2. The van der Waals surface area contributed by atoms with Gasteiger partial charge in [-0.2, -0.15) is 0 Å². The van der Waals surface area contributed by atoms with Gasteiger partial charge in [0.05, 0.1) is 22.1 Å². The van der Waals surface area contributed by atoms with Crippen LogP contribution in [0, 0.1) is 0 Å². The summed E-state index contributed by atoms with van der Waals surface area (Å²) in [4.78, 5) is 2.31. The van der Waals surface area contributed by atoms with E-state index in [0.29, 0.717) is 0 Å². The van der Waals surface area contributed by atoms with Crippen molar-refractivity contribution in [2.75, 3.05) is 4.90 Å². The largest absolute Gasteiger partial charge is 0.311 e. The van der Waals surface area contributed by atoms with Gasteiger partial charge in [-0.05, 0) is 137 Å². The maximum absolute atomic E-state index is 2.42. The van der Waals surface area contributed by atoms with Crippen molar-refractivity contribution in [3.63, 3.8) is 0 Å². The molecule has 0 aliphatic rings. The summed E-state index contributed by atoms with van der Waals surface area (Å²) in [6.45, 7) is 0. The molecule has 0 saturated carbocycles. The molecule has 0 saturated heterocycles. The van der Waals surface area contributed by atoms with Crippen LogP contribution >= 0.6 is 0 Å². The SMILES string of the molecule is c1ccc(-c2cccc(-n3c4ccccc4c4cc(-c5ccc6c(c5)c5cc(-c7ccccc7)ccc5n6-c5ccc(N(c6ccccc6)c6ccccc6)cc5)ccc43)c2)cc1. The van der Waals surface area contributed by atoms with Crippen molar-refractivity contribution < 1.29 is 0 Å². The van der Waals surface area contributed by atoms with E-state index in [1.807, 2.05) is 0 Å². The van der Waals surface area contributed by atoms with Gasteiger partial charge in [0.2, 0.25) is 0 Å². The normalized spacial score (nSPS) is 11.5. The molecule has 0 bridgehead atoms. The molecule has 12 aromatic rings. The van der Waals surface area contributed by atoms with E-state index < -0.39 is 0 Å². The Kier molecular flexibility index (Phi) is 8.83. The molecule has 10 aromatic carbocycles. The highest BCUT2D eigenvalue weighted by Gasteiger charge is 2.18. The third kappa shape index (κ3) is 6.38. The van der Waals surface area contributed by atoms with Crippen LogP contribution in [0.5, 0.6) is 0 Å². The molecule has 0 aliphatic carbocycles. The van der Waals surface area contributed by atoms with E-state index in [1.165, 1.54) is 77.0 Å². The molecule has 0 radical (unpaired) electrons. The first-order valence-electron chi connectivity index (χ1n) is 21.6. The molecule has 0 N–H and O–H groups in total. The fourth-order valence-electron chi connectivity index (χ4n) is 9.53. The molecule has 3 heteroatoms. The molecule has 2 heterocycles. The first kappa shape index (κ1) is 36.5.